The second-order valence-corrected chi connectivity index (χ2v) is 3.41. The van der Waals surface area contributed by atoms with Gasteiger partial charge in [-0.05, 0) is 19.4 Å². The van der Waals surface area contributed by atoms with Gasteiger partial charge in [0, 0.05) is 23.0 Å². The van der Waals surface area contributed by atoms with Gasteiger partial charge in [0.2, 0.25) is 0 Å². The lowest BCUT2D eigenvalue weighted by molar-refractivity contribution is 1.11. The van der Waals surface area contributed by atoms with Crippen molar-refractivity contribution >= 4 is 16.7 Å². The molecule has 74 valence electrons. The summed E-state index contributed by atoms with van der Waals surface area (Å²) >= 11 is 0. The van der Waals surface area contributed by atoms with Crippen molar-refractivity contribution in [1.29, 1.82) is 0 Å². The number of aromatic amines is 1. The molecule has 0 unspecified atom stereocenters. The number of aromatic nitrogens is 1. The van der Waals surface area contributed by atoms with Crippen LogP contribution in [0.2, 0.25) is 0 Å². The normalized spacial score (nSPS) is 10.7. The number of hydrogen-bond donors (Lipinski definition) is 2. The predicted octanol–water partition coefficient (Wildman–Crippen LogP) is 3.16. The molecule has 2 nitrogen and oxygen atoms in total. The summed E-state index contributed by atoms with van der Waals surface area (Å²) in [6, 6.07) is 8.44. The minimum absolute atomic E-state index is 0.958. The molecule has 1 aromatic carbocycles. The maximum Gasteiger partial charge on any atom is 0.107 e. The molecule has 0 fully saturated rings. The molecular weight excluding hydrogens is 172 g/mol. The van der Waals surface area contributed by atoms with Crippen molar-refractivity contribution < 1.29 is 0 Å². The highest BCUT2D eigenvalue weighted by molar-refractivity contribution is 5.88. The second-order valence-electron chi connectivity index (χ2n) is 3.41. The molecule has 0 saturated carbocycles. The van der Waals surface area contributed by atoms with E-state index in [0.717, 1.165) is 13.0 Å². The van der Waals surface area contributed by atoms with Crippen LogP contribution < -0.4 is 5.32 Å². The molecule has 0 spiro atoms. The summed E-state index contributed by atoms with van der Waals surface area (Å²) in [6.07, 6.45) is 1.06. The highest BCUT2D eigenvalue weighted by Gasteiger charge is 2.07. The van der Waals surface area contributed by atoms with Crippen molar-refractivity contribution in [3.05, 3.63) is 29.8 Å². The molecule has 0 aliphatic rings. The molecule has 0 amide bonds. The van der Waals surface area contributed by atoms with Crippen LogP contribution in [0, 0.1) is 0 Å². The van der Waals surface area contributed by atoms with E-state index in [1.807, 2.05) is 0 Å². The van der Waals surface area contributed by atoms with Gasteiger partial charge in [0.15, 0.2) is 0 Å². The number of H-pyrrole nitrogens is 1. The number of benzene rings is 1. The number of fused-ring (bicyclic) bond motifs is 1. The molecule has 0 radical (unpaired) electrons. The fourth-order valence-electron chi connectivity index (χ4n) is 1.89. The Kier molecular flexibility index (Phi) is 2.44. The Labute approximate surface area is 84.3 Å². The molecule has 0 aliphatic heterocycles. The predicted molar refractivity (Wildman–Crippen MR) is 61.8 cm³/mol. The van der Waals surface area contributed by atoms with Crippen molar-refractivity contribution in [3.8, 4) is 0 Å². The summed E-state index contributed by atoms with van der Waals surface area (Å²) in [6.45, 7) is 5.27. The summed E-state index contributed by atoms with van der Waals surface area (Å²) in [5, 5.41) is 4.70. The van der Waals surface area contributed by atoms with E-state index in [2.05, 4.69) is 48.4 Å². The van der Waals surface area contributed by atoms with Gasteiger partial charge >= 0.3 is 0 Å². The maximum absolute atomic E-state index is 3.40. The van der Waals surface area contributed by atoms with Gasteiger partial charge in [0.05, 0.1) is 0 Å². The van der Waals surface area contributed by atoms with Gasteiger partial charge < -0.3 is 10.3 Å². The number of aryl methyl sites for hydroxylation is 1. The molecule has 1 aromatic heterocycles. The third kappa shape index (κ3) is 1.37. The molecule has 2 rings (SSSR count). The molecule has 2 heteroatoms. The summed E-state index contributed by atoms with van der Waals surface area (Å²) in [4.78, 5) is 3.40. The van der Waals surface area contributed by atoms with Crippen LogP contribution in [-0.4, -0.2) is 11.5 Å². The maximum atomic E-state index is 3.40. The van der Waals surface area contributed by atoms with E-state index in [9.17, 15) is 0 Å². The van der Waals surface area contributed by atoms with Crippen LogP contribution in [-0.2, 0) is 6.42 Å². The van der Waals surface area contributed by atoms with Crippen LogP contribution in [0.25, 0.3) is 10.9 Å². The number of hydrogen-bond acceptors (Lipinski definition) is 1. The van der Waals surface area contributed by atoms with Crippen molar-refractivity contribution in [2.75, 3.05) is 11.9 Å². The minimum atomic E-state index is 0.958. The fraction of sp³-hybridized carbons (Fsp3) is 0.333. The second kappa shape index (κ2) is 3.74. The van der Waals surface area contributed by atoms with Gasteiger partial charge in [-0.3, -0.25) is 0 Å². The molecule has 0 atom stereocenters. The standard InChI is InChI=1S/C12H16N2/c1-3-9-10-7-5-6-8-11(10)14-12(9)13-4-2/h5-8,13-14H,3-4H2,1-2H3. The molecule has 0 aliphatic carbocycles. The third-order valence-corrected chi connectivity index (χ3v) is 2.52. The first-order chi connectivity index (χ1) is 6.86. The van der Waals surface area contributed by atoms with E-state index in [-0.39, 0.29) is 0 Å². The van der Waals surface area contributed by atoms with E-state index in [1.165, 1.54) is 22.3 Å². The summed E-state index contributed by atoms with van der Waals surface area (Å²) < 4.78 is 0. The minimum Gasteiger partial charge on any atom is -0.372 e. The average Bonchev–Trinajstić information content (AvgIpc) is 2.55. The molecule has 2 N–H and O–H groups in total. The van der Waals surface area contributed by atoms with E-state index in [0.29, 0.717) is 0 Å². The molecule has 0 bridgehead atoms. The zero-order chi connectivity index (χ0) is 9.97. The Bertz CT molecular complexity index is 429. The zero-order valence-corrected chi connectivity index (χ0v) is 8.72. The van der Waals surface area contributed by atoms with Crippen molar-refractivity contribution in [1.82, 2.24) is 4.98 Å². The Morgan fingerprint density at radius 1 is 1.21 bits per heavy atom. The summed E-state index contributed by atoms with van der Waals surface area (Å²) in [7, 11) is 0. The largest absolute Gasteiger partial charge is 0.372 e. The molecule has 2 aromatic rings. The summed E-state index contributed by atoms with van der Waals surface area (Å²) in [5.41, 5.74) is 2.61. The monoisotopic (exact) mass is 188 g/mol. The van der Waals surface area contributed by atoms with E-state index >= 15 is 0 Å². The lowest BCUT2D eigenvalue weighted by Crippen LogP contribution is -1.98. The lowest BCUT2D eigenvalue weighted by atomic mass is 10.1. The molecular formula is C12H16N2. The van der Waals surface area contributed by atoms with Crippen molar-refractivity contribution in [3.63, 3.8) is 0 Å². The Balaban J connectivity index is 2.60. The quantitative estimate of drug-likeness (QED) is 0.760. The van der Waals surface area contributed by atoms with Crippen LogP contribution in [0.15, 0.2) is 24.3 Å². The summed E-state index contributed by atoms with van der Waals surface area (Å²) in [5.74, 6) is 1.18. The van der Waals surface area contributed by atoms with Crippen LogP contribution in [0.5, 0.6) is 0 Å². The number of nitrogens with one attached hydrogen (secondary N) is 2. The van der Waals surface area contributed by atoms with Gasteiger partial charge in [-0.2, -0.15) is 0 Å². The first-order valence-electron chi connectivity index (χ1n) is 5.20. The van der Waals surface area contributed by atoms with Crippen molar-refractivity contribution in [2.24, 2.45) is 0 Å². The van der Waals surface area contributed by atoms with Crippen LogP contribution in [0.4, 0.5) is 5.82 Å². The third-order valence-electron chi connectivity index (χ3n) is 2.52. The fourth-order valence-corrected chi connectivity index (χ4v) is 1.89. The van der Waals surface area contributed by atoms with Gasteiger partial charge in [-0.25, -0.2) is 0 Å². The van der Waals surface area contributed by atoms with Gasteiger partial charge in [-0.1, -0.05) is 25.1 Å². The van der Waals surface area contributed by atoms with Gasteiger partial charge in [-0.15, -0.1) is 0 Å². The molecule has 0 saturated heterocycles. The average molecular weight is 188 g/mol. The molecule has 1 heterocycles. The van der Waals surface area contributed by atoms with Crippen LogP contribution >= 0.6 is 0 Å². The topological polar surface area (TPSA) is 27.8 Å². The lowest BCUT2D eigenvalue weighted by Gasteiger charge is -2.02. The zero-order valence-electron chi connectivity index (χ0n) is 8.72. The van der Waals surface area contributed by atoms with Gasteiger partial charge in [0.25, 0.3) is 0 Å². The number of anilines is 1. The van der Waals surface area contributed by atoms with E-state index < -0.39 is 0 Å². The Hall–Kier alpha value is -1.44. The first-order valence-corrected chi connectivity index (χ1v) is 5.20. The van der Waals surface area contributed by atoms with E-state index in [1.54, 1.807) is 0 Å². The number of rotatable bonds is 3. The highest BCUT2D eigenvalue weighted by Crippen LogP contribution is 2.26. The first kappa shape index (κ1) is 9.13. The van der Waals surface area contributed by atoms with Crippen LogP contribution in [0.1, 0.15) is 19.4 Å². The molecule has 14 heavy (non-hydrogen) atoms. The SMILES string of the molecule is CCNc1[nH]c2ccccc2c1CC. The smallest absolute Gasteiger partial charge is 0.107 e. The van der Waals surface area contributed by atoms with Gasteiger partial charge in [0.1, 0.15) is 5.82 Å². The highest BCUT2D eigenvalue weighted by atomic mass is 15.0. The van der Waals surface area contributed by atoms with Crippen molar-refractivity contribution in [2.45, 2.75) is 20.3 Å². The Morgan fingerprint density at radius 3 is 2.71 bits per heavy atom. The number of para-hydroxylation sites is 1. The van der Waals surface area contributed by atoms with Crippen LogP contribution in [0.3, 0.4) is 0 Å². The van der Waals surface area contributed by atoms with E-state index in [4.69, 9.17) is 0 Å². The Morgan fingerprint density at radius 2 is 2.00 bits per heavy atom.